The van der Waals surface area contributed by atoms with Gasteiger partial charge in [0.05, 0.1) is 6.10 Å². The van der Waals surface area contributed by atoms with E-state index in [1.807, 2.05) is 6.92 Å². The Kier molecular flexibility index (Phi) is 7.51. The zero-order valence-corrected chi connectivity index (χ0v) is 8.64. The third-order valence-electron chi connectivity index (χ3n) is 2.00. The van der Waals surface area contributed by atoms with Gasteiger partial charge in [-0.2, -0.15) is 0 Å². The third kappa shape index (κ3) is 8.02. The van der Waals surface area contributed by atoms with Crippen LogP contribution < -0.4 is 5.32 Å². The summed E-state index contributed by atoms with van der Waals surface area (Å²) < 4.78 is 0. The van der Waals surface area contributed by atoms with E-state index in [1.165, 1.54) is 25.7 Å². The van der Waals surface area contributed by atoms with Crippen LogP contribution in [0.3, 0.4) is 0 Å². The van der Waals surface area contributed by atoms with Crippen molar-refractivity contribution in [2.24, 2.45) is 0 Å². The quantitative estimate of drug-likeness (QED) is 0.577. The summed E-state index contributed by atoms with van der Waals surface area (Å²) in [5.41, 5.74) is 0. The van der Waals surface area contributed by atoms with E-state index in [9.17, 15) is 0 Å². The molecule has 0 amide bonds. The lowest BCUT2D eigenvalue weighted by molar-refractivity contribution is 0.186. The molecule has 0 radical (unpaired) electrons. The summed E-state index contributed by atoms with van der Waals surface area (Å²) in [6.07, 6.45) is 4.90. The third-order valence-corrected chi connectivity index (χ3v) is 2.00. The molecule has 0 aromatic rings. The molecule has 0 heterocycles. The highest BCUT2D eigenvalue weighted by atomic mass is 16.3. The fourth-order valence-corrected chi connectivity index (χ4v) is 1.17. The Bertz CT molecular complexity index is 93.8. The van der Waals surface area contributed by atoms with Crippen molar-refractivity contribution in [3.8, 4) is 0 Å². The molecule has 0 unspecified atom stereocenters. The number of rotatable bonds is 7. The maximum atomic E-state index is 9.01. The summed E-state index contributed by atoms with van der Waals surface area (Å²) in [6.45, 7) is 6.92. The van der Waals surface area contributed by atoms with Crippen LogP contribution in [0.2, 0.25) is 0 Å². The predicted octanol–water partition coefficient (Wildman–Crippen LogP) is 1.93. The first-order chi connectivity index (χ1) is 5.66. The number of aliphatic hydroxyl groups excluding tert-OH is 1. The van der Waals surface area contributed by atoms with Crippen molar-refractivity contribution >= 4 is 0 Å². The maximum Gasteiger partial charge on any atom is 0.0636 e. The van der Waals surface area contributed by atoms with Gasteiger partial charge in [0.25, 0.3) is 0 Å². The van der Waals surface area contributed by atoms with Gasteiger partial charge in [0.15, 0.2) is 0 Å². The van der Waals surface area contributed by atoms with Gasteiger partial charge in [-0.05, 0) is 20.3 Å². The molecule has 0 saturated carbocycles. The minimum absolute atomic E-state index is 0.223. The second-order valence-corrected chi connectivity index (χ2v) is 3.65. The molecule has 2 N–H and O–H groups in total. The summed E-state index contributed by atoms with van der Waals surface area (Å²) in [5, 5.41) is 12.3. The lowest BCUT2D eigenvalue weighted by Crippen LogP contribution is -2.32. The fourth-order valence-electron chi connectivity index (χ4n) is 1.17. The Hall–Kier alpha value is -0.0800. The highest BCUT2D eigenvalue weighted by Gasteiger charge is 2.01. The molecule has 12 heavy (non-hydrogen) atoms. The van der Waals surface area contributed by atoms with Crippen LogP contribution in [-0.4, -0.2) is 23.8 Å². The Morgan fingerprint density at radius 1 is 1.25 bits per heavy atom. The molecule has 0 aromatic carbocycles. The van der Waals surface area contributed by atoms with Crippen molar-refractivity contribution < 1.29 is 5.11 Å². The molecule has 0 saturated heterocycles. The Labute approximate surface area is 76.4 Å². The first-order valence-electron chi connectivity index (χ1n) is 5.08. The average Bonchev–Trinajstić information content (AvgIpc) is 2.01. The topological polar surface area (TPSA) is 32.3 Å². The summed E-state index contributed by atoms with van der Waals surface area (Å²) >= 11 is 0. The van der Waals surface area contributed by atoms with Crippen LogP contribution in [0.5, 0.6) is 0 Å². The van der Waals surface area contributed by atoms with Gasteiger partial charge in [0.1, 0.15) is 0 Å². The van der Waals surface area contributed by atoms with Gasteiger partial charge >= 0.3 is 0 Å². The molecule has 74 valence electrons. The normalized spacial score (nSPS) is 16.0. The summed E-state index contributed by atoms with van der Waals surface area (Å²) in [6, 6.07) is 0.547. The molecule has 2 atom stereocenters. The first-order valence-corrected chi connectivity index (χ1v) is 5.08. The van der Waals surface area contributed by atoms with Gasteiger partial charge in [0.2, 0.25) is 0 Å². The van der Waals surface area contributed by atoms with Crippen LogP contribution in [0.4, 0.5) is 0 Å². The minimum Gasteiger partial charge on any atom is -0.392 e. The molecule has 0 rings (SSSR count). The zero-order chi connectivity index (χ0) is 9.40. The van der Waals surface area contributed by atoms with Crippen molar-refractivity contribution in [2.75, 3.05) is 6.54 Å². The smallest absolute Gasteiger partial charge is 0.0636 e. The Morgan fingerprint density at radius 3 is 2.42 bits per heavy atom. The predicted molar refractivity (Wildman–Crippen MR) is 53.3 cm³/mol. The summed E-state index contributed by atoms with van der Waals surface area (Å²) in [4.78, 5) is 0. The number of hydrogen-bond donors (Lipinski definition) is 2. The van der Waals surface area contributed by atoms with E-state index in [0.717, 1.165) is 0 Å². The van der Waals surface area contributed by atoms with Gasteiger partial charge in [0, 0.05) is 12.6 Å². The number of nitrogens with one attached hydrogen (secondary N) is 1. The van der Waals surface area contributed by atoms with Crippen LogP contribution in [0.1, 0.15) is 46.5 Å². The van der Waals surface area contributed by atoms with E-state index < -0.39 is 0 Å². The van der Waals surface area contributed by atoms with E-state index in [-0.39, 0.29) is 6.10 Å². The number of unbranched alkanes of at least 4 members (excludes halogenated alkanes) is 2. The molecular formula is C10H23NO. The summed E-state index contributed by atoms with van der Waals surface area (Å²) in [5.74, 6) is 0. The van der Waals surface area contributed by atoms with Gasteiger partial charge in [-0.3, -0.25) is 0 Å². The van der Waals surface area contributed by atoms with E-state index in [1.54, 1.807) is 0 Å². The van der Waals surface area contributed by atoms with E-state index in [4.69, 9.17) is 5.11 Å². The van der Waals surface area contributed by atoms with Crippen molar-refractivity contribution in [1.82, 2.24) is 5.32 Å². The van der Waals surface area contributed by atoms with Crippen molar-refractivity contribution in [3.63, 3.8) is 0 Å². The van der Waals surface area contributed by atoms with Gasteiger partial charge in [-0.1, -0.05) is 26.2 Å². The molecular weight excluding hydrogens is 150 g/mol. The Balaban J connectivity index is 3.15. The first kappa shape index (κ1) is 11.9. The van der Waals surface area contributed by atoms with Gasteiger partial charge in [-0.25, -0.2) is 0 Å². The van der Waals surface area contributed by atoms with E-state index >= 15 is 0 Å². The number of aliphatic hydroxyl groups is 1. The second kappa shape index (κ2) is 7.56. The van der Waals surface area contributed by atoms with E-state index in [2.05, 4.69) is 19.2 Å². The molecule has 0 aliphatic rings. The molecule has 2 heteroatoms. The molecule has 0 fully saturated rings. The fraction of sp³-hybridized carbons (Fsp3) is 1.00. The monoisotopic (exact) mass is 173 g/mol. The van der Waals surface area contributed by atoms with Crippen molar-refractivity contribution in [2.45, 2.75) is 58.6 Å². The van der Waals surface area contributed by atoms with E-state index in [0.29, 0.717) is 12.6 Å². The highest BCUT2D eigenvalue weighted by Crippen LogP contribution is 2.02. The van der Waals surface area contributed by atoms with Gasteiger partial charge < -0.3 is 10.4 Å². The second-order valence-electron chi connectivity index (χ2n) is 3.65. The van der Waals surface area contributed by atoms with Crippen molar-refractivity contribution in [3.05, 3.63) is 0 Å². The standard InChI is InChI=1S/C10H23NO/c1-4-5-6-7-9(2)11-8-10(3)12/h9-12H,4-8H2,1-3H3/t9-,10+/m1/s1. The van der Waals surface area contributed by atoms with Gasteiger partial charge in [-0.15, -0.1) is 0 Å². The largest absolute Gasteiger partial charge is 0.392 e. The lowest BCUT2D eigenvalue weighted by atomic mass is 10.1. The van der Waals surface area contributed by atoms with Crippen LogP contribution in [-0.2, 0) is 0 Å². The highest BCUT2D eigenvalue weighted by molar-refractivity contribution is 4.62. The van der Waals surface area contributed by atoms with Crippen LogP contribution in [0.25, 0.3) is 0 Å². The van der Waals surface area contributed by atoms with Crippen LogP contribution in [0.15, 0.2) is 0 Å². The minimum atomic E-state index is -0.223. The molecule has 0 bridgehead atoms. The summed E-state index contributed by atoms with van der Waals surface area (Å²) in [7, 11) is 0. The maximum absolute atomic E-state index is 9.01. The molecule has 2 nitrogen and oxygen atoms in total. The molecule has 0 aliphatic carbocycles. The number of hydrogen-bond acceptors (Lipinski definition) is 2. The van der Waals surface area contributed by atoms with Crippen LogP contribution in [0, 0.1) is 0 Å². The Morgan fingerprint density at radius 2 is 1.92 bits per heavy atom. The lowest BCUT2D eigenvalue weighted by Gasteiger charge is -2.14. The molecule has 0 aromatic heterocycles. The molecule has 0 aliphatic heterocycles. The zero-order valence-electron chi connectivity index (χ0n) is 8.64. The molecule has 0 spiro atoms. The SMILES string of the molecule is CCCCC[C@@H](C)NC[C@H](C)O. The van der Waals surface area contributed by atoms with Crippen LogP contribution >= 0.6 is 0 Å². The van der Waals surface area contributed by atoms with Crippen molar-refractivity contribution in [1.29, 1.82) is 0 Å². The average molecular weight is 173 g/mol.